The molecule has 0 fully saturated rings. The van der Waals surface area contributed by atoms with Crippen molar-refractivity contribution in [2.75, 3.05) is 0 Å². The molecule has 0 saturated heterocycles. The third-order valence-electron chi connectivity index (χ3n) is 3.82. The Bertz CT molecular complexity index is 1150. The van der Waals surface area contributed by atoms with Crippen molar-refractivity contribution in [3.8, 4) is 30.0 Å². The minimum absolute atomic E-state index is 0.0819. The summed E-state index contributed by atoms with van der Waals surface area (Å²) in [6.45, 7) is 0. The number of hydrogen-bond acceptors (Lipinski definition) is 4. The first-order chi connectivity index (χ1) is 12.3. The second-order valence-corrected chi connectivity index (χ2v) is 5.11. The second kappa shape index (κ2) is 6.43. The lowest BCUT2D eigenvalue weighted by atomic mass is 10.1. The number of rotatable bonds is 1. The average Bonchev–Trinajstić information content (AvgIpc) is 3.00. The van der Waals surface area contributed by atoms with Gasteiger partial charge in [0.1, 0.15) is 24.3 Å². The van der Waals surface area contributed by atoms with E-state index in [1.807, 2.05) is 42.5 Å². The molecule has 25 heavy (non-hydrogen) atoms. The Morgan fingerprint density at radius 2 is 1.00 bits per heavy atom. The molecule has 0 aliphatic rings. The zero-order valence-electron chi connectivity index (χ0n) is 12.9. The molecule has 3 rings (SSSR count). The van der Waals surface area contributed by atoms with E-state index in [4.69, 9.17) is 0 Å². The fourth-order valence-electron chi connectivity index (χ4n) is 2.84. The molecule has 2 aromatic carbocycles. The Kier molecular flexibility index (Phi) is 4.00. The monoisotopic (exact) mass is 319 g/mol. The molecule has 0 amide bonds. The van der Waals surface area contributed by atoms with Gasteiger partial charge in [-0.15, -0.1) is 0 Å². The normalized spacial score (nSPS) is 9.44. The molecule has 1 aromatic heterocycles. The van der Waals surface area contributed by atoms with E-state index in [9.17, 15) is 21.0 Å². The molecule has 0 aliphatic heterocycles. The van der Waals surface area contributed by atoms with Gasteiger partial charge in [0.25, 0.3) is 0 Å². The largest absolute Gasteiger partial charge is 0.305 e. The van der Waals surface area contributed by atoms with E-state index in [0.29, 0.717) is 27.2 Å². The lowest BCUT2D eigenvalue weighted by Crippen LogP contribution is -2.28. The van der Waals surface area contributed by atoms with Gasteiger partial charge in [-0.3, -0.25) is 0 Å². The van der Waals surface area contributed by atoms with Crippen LogP contribution in [-0.2, 0) is 0 Å². The van der Waals surface area contributed by atoms with Gasteiger partial charge in [-0.2, -0.15) is 21.0 Å². The van der Waals surface area contributed by atoms with E-state index in [0.717, 1.165) is 0 Å². The number of hydrogen-bond donors (Lipinski definition) is 0. The van der Waals surface area contributed by atoms with Crippen LogP contribution in [0.25, 0.3) is 27.6 Å². The molecular formula is C20H9N5. The number of benzene rings is 2. The molecule has 0 N–H and O–H groups in total. The Labute approximate surface area is 143 Å². The van der Waals surface area contributed by atoms with Crippen LogP contribution in [0, 0.1) is 45.3 Å². The molecule has 3 aromatic rings. The van der Waals surface area contributed by atoms with Crippen molar-refractivity contribution in [2.24, 2.45) is 0 Å². The molecule has 0 atom stereocenters. The van der Waals surface area contributed by atoms with Gasteiger partial charge in [-0.1, -0.05) is 42.5 Å². The first kappa shape index (κ1) is 15.6. The van der Waals surface area contributed by atoms with Gasteiger partial charge >= 0.3 is 0 Å². The fourth-order valence-corrected chi connectivity index (χ4v) is 2.84. The molecule has 5 nitrogen and oxygen atoms in total. The highest BCUT2D eigenvalue weighted by Crippen LogP contribution is 2.12. The third-order valence-corrected chi connectivity index (χ3v) is 3.82. The Balaban J connectivity index is 2.82. The Morgan fingerprint density at radius 3 is 1.40 bits per heavy atom. The van der Waals surface area contributed by atoms with E-state index in [1.54, 1.807) is 41.0 Å². The summed E-state index contributed by atoms with van der Waals surface area (Å²) in [5.74, 6) is 0. The molecular weight excluding hydrogens is 310 g/mol. The SMILES string of the molecule is N#CC(C#N)=c1c2ccccc2c(=C(C#N)C#N)n1-c1ccccc1. The lowest BCUT2D eigenvalue weighted by molar-refractivity contribution is 0.999. The maximum Gasteiger partial charge on any atom is 0.154 e. The number of fused-ring (bicyclic) bond motifs is 1. The maximum atomic E-state index is 9.41. The van der Waals surface area contributed by atoms with Crippen LogP contribution in [0.2, 0.25) is 0 Å². The standard InChI is InChI=1S/C20H9N5/c21-10-14(11-22)19-17-8-4-5-9-18(17)20(15(12-23)13-24)25(19)16-6-2-1-3-7-16/h1-9H. The zero-order valence-corrected chi connectivity index (χ0v) is 12.9. The first-order valence-corrected chi connectivity index (χ1v) is 7.30. The van der Waals surface area contributed by atoms with E-state index < -0.39 is 0 Å². The van der Waals surface area contributed by atoms with E-state index in [-0.39, 0.29) is 11.1 Å². The second-order valence-electron chi connectivity index (χ2n) is 5.11. The van der Waals surface area contributed by atoms with Crippen LogP contribution in [0.15, 0.2) is 54.6 Å². The summed E-state index contributed by atoms with van der Waals surface area (Å²) in [5, 5.41) is 39.7. The molecule has 1 heterocycles. The van der Waals surface area contributed by atoms with Crippen LogP contribution in [0.4, 0.5) is 0 Å². The van der Waals surface area contributed by atoms with Gasteiger partial charge in [0, 0.05) is 16.5 Å². The van der Waals surface area contributed by atoms with Gasteiger partial charge < -0.3 is 4.57 Å². The van der Waals surface area contributed by atoms with Crippen LogP contribution < -0.4 is 10.7 Å². The smallest absolute Gasteiger partial charge is 0.154 e. The summed E-state index contributed by atoms with van der Waals surface area (Å²) in [5.41, 5.74) is 0.498. The molecule has 0 spiro atoms. The van der Waals surface area contributed by atoms with E-state index >= 15 is 0 Å². The van der Waals surface area contributed by atoms with Crippen molar-refractivity contribution < 1.29 is 0 Å². The summed E-state index contributed by atoms with van der Waals surface area (Å²) in [7, 11) is 0. The van der Waals surface area contributed by atoms with E-state index in [1.165, 1.54) is 0 Å². The highest BCUT2D eigenvalue weighted by molar-refractivity contribution is 5.93. The topological polar surface area (TPSA) is 100 Å². The van der Waals surface area contributed by atoms with Crippen LogP contribution >= 0.6 is 0 Å². The minimum Gasteiger partial charge on any atom is -0.305 e. The van der Waals surface area contributed by atoms with Crippen molar-refractivity contribution in [1.82, 2.24) is 4.57 Å². The number of para-hydroxylation sites is 1. The quantitative estimate of drug-likeness (QED) is 0.685. The van der Waals surface area contributed by atoms with Crippen molar-refractivity contribution in [3.63, 3.8) is 0 Å². The summed E-state index contributed by atoms with van der Waals surface area (Å²) in [4.78, 5) is 0. The first-order valence-electron chi connectivity index (χ1n) is 7.30. The third kappa shape index (κ3) is 2.40. The molecule has 5 heteroatoms. The summed E-state index contributed by atoms with van der Waals surface area (Å²) in [6, 6.07) is 23.8. The van der Waals surface area contributed by atoms with Gasteiger partial charge in [0.2, 0.25) is 0 Å². The number of nitriles is 4. The summed E-state index contributed by atoms with van der Waals surface area (Å²) in [6.07, 6.45) is 0. The van der Waals surface area contributed by atoms with Gasteiger partial charge in [-0.05, 0) is 12.1 Å². The van der Waals surface area contributed by atoms with Gasteiger partial charge in [0.15, 0.2) is 11.1 Å². The van der Waals surface area contributed by atoms with Crippen LogP contribution in [0.1, 0.15) is 0 Å². The number of nitrogens with zero attached hydrogens (tertiary/aromatic N) is 5. The molecule has 0 unspecified atom stereocenters. The summed E-state index contributed by atoms with van der Waals surface area (Å²) < 4.78 is 1.63. The molecule has 0 saturated carbocycles. The Morgan fingerprint density at radius 1 is 0.600 bits per heavy atom. The molecule has 114 valence electrons. The van der Waals surface area contributed by atoms with Crippen LogP contribution in [0.3, 0.4) is 0 Å². The van der Waals surface area contributed by atoms with Crippen molar-refractivity contribution in [1.29, 1.82) is 21.0 Å². The predicted molar refractivity (Wildman–Crippen MR) is 91.8 cm³/mol. The predicted octanol–water partition coefficient (Wildman–Crippen LogP) is 2.03. The zero-order chi connectivity index (χ0) is 17.8. The summed E-state index contributed by atoms with van der Waals surface area (Å²) >= 11 is 0. The molecule has 0 bridgehead atoms. The van der Waals surface area contributed by atoms with Gasteiger partial charge in [0.05, 0.1) is 10.7 Å². The van der Waals surface area contributed by atoms with Gasteiger partial charge in [-0.25, -0.2) is 0 Å². The number of aromatic nitrogens is 1. The van der Waals surface area contributed by atoms with Crippen molar-refractivity contribution in [3.05, 3.63) is 65.3 Å². The highest BCUT2D eigenvalue weighted by Gasteiger charge is 2.15. The Hall–Kier alpha value is -4.32. The fraction of sp³-hybridized carbons (Fsp3) is 0. The van der Waals surface area contributed by atoms with Crippen molar-refractivity contribution >= 4 is 21.9 Å². The highest BCUT2D eigenvalue weighted by atomic mass is 15.0. The van der Waals surface area contributed by atoms with Crippen LogP contribution in [0.5, 0.6) is 0 Å². The average molecular weight is 319 g/mol. The van der Waals surface area contributed by atoms with Crippen molar-refractivity contribution in [2.45, 2.75) is 0 Å². The minimum atomic E-state index is -0.0819. The maximum absolute atomic E-state index is 9.41. The van der Waals surface area contributed by atoms with Crippen LogP contribution in [-0.4, -0.2) is 4.57 Å². The van der Waals surface area contributed by atoms with E-state index in [2.05, 4.69) is 0 Å². The molecule has 0 aliphatic carbocycles. The lowest BCUT2D eigenvalue weighted by Gasteiger charge is -2.05. The molecule has 0 radical (unpaired) electrons.